The molecule has 0 aliphatic carbocycles. The van der Waals surface area contributed by atoms with Gasteiger partial charge in [-0.25, -0.2) is 18.7 Å². The lowest BCUT2D eigenvalue weighted by Gasteiger charge is -2.11. The van der Waals surface area contributed by atoms with Crippen LogP contribution in [-0.4, -0.2) is 25.3 Å². The smallest absolute Gasteiger partial charge is 0.223 e. The highest BCUT2D eigenvalue weighted by Gasteiger charge is 2.15. The highest BCUT2D eigenvalue weighted by atomic mass is 19.1. The van der Waals surface area contributed by atoms with Crippen LogP contribution in [0.25, 0.3) is 28.2 Å². The first-order chi connectivity index (χ1) is 13.4. The summed E-state index contributed by atoms with van der Waals surface area (Å²) in [6.45, 7) is 1.55. The number of carbonyl (C=O) groups is 1. The molecule has 4 heterocycles. The van der Waals surface area contributed by atoms with Crippen molar-refractivity contribution in [1.82, 2.24) is 19.4 Å². The molecule has 28 heavy (non-hydrogen) atoms. The molecule has 0 bridgehead atoms. The second-order valence-corrected chi connectivity index (χ2v) is 6.35. The lowest BCUT2D eigenvalue weighted by molar-refractivity contribution is -0.117. The lowest BCUT2D eigenvalue weighted by Crippen LogP contribution is -2.14. The van der Waals surface area contributed by atoms with E-state index in [1.165, 1.54) is 18.2 Å². The van der Waals surface area contributed by atoms with Gasteiger partial charge >= 0.3 is 0 Å². The number of nitrogens with two attached hydrogens (primary N) is 1. The van der Waals surface area contributed by atoms with E-state index in [4.69, 9.17) is 5.73 Å². The first-order valence-corrected chi connectivity index (χ1v) is 8.46. The van der Waals surface area contributed by atoms with Crippen LogP contribution in [0.2, 0.25) is 0 Å². The molecule has 8 heteroatoms. The summed E-state index contributed by atoms with van der Waals surface area (Å²) in [5.74, 6) is -1.42. The van der Waals surface area contributed by atoms with E-state index in [1.807, 2.05) is 0 Å². The number of halogens is 2. The van der Waals surface area contributed by atoms with Gasteiger partial charge < -0.3 is 10.1 Å². The summed E-state index contributed by atoms with van der Waals surface area (Å²) in [5, 5.41) is 0. The third-order valence-corrected chi connectivity index (χ3v) is 4.37. The third kappa shape index (κ3) is 3.20. The highest BCUT2D eigenvalue weighted by Crippen LogP contribution is 2.31. The predicted octanol–water partition coefficient (Wildman–Crippen LogP) is 3.07. The Hall–Kier alpha value is -3.68. The summed E-state index contributed by atoms with van der Waals surface area (Å²) in [6, 6.07) is 7.66. The summed E-state index contributed by atoms with van der Waals surface area (Å²) in [6.07, 6.45) is 4.42. The Kier molecular flexibility index (Phi) is 4.31. The first-order valence-electron chi connectivity index (χ1n) is 8.46. The van der Waals surface area contributed by atoms with Crippen molar-refractivity contribution in [2.24, 2.45) is 5.73 Å². The van der Waals surface area contributed by atoms with Gasteiger partial charge in [-0.15, -0.1) is 0 Å². The number of pyridine rings is 3. The molecular weight excluding hydrogens is 364 g/mol. The molecule has 0 aromatic carbocycles. The quantitative estimate of drug-likeness (QED) is 0.590. The fourth-order valence-corrected chi connectivity index (χ4v) is 3.04. The molecule has 2 N–H and O–H groups in total. The van der Waals surface area contributed by atoms with Gasteiger partial charge in [0, 0.05) is 23.5 Å². The molecule has 4 aromatic heterocycles. The van der Waals surface area contributed by atoms with Gasteiger partial charge in [-0.1, -0.05) is 0 Å². The molecule has 0 unspecified atom stereocenters. The molecule has 0 aliphatic heterocycles. The molecule has 4 aromatic rings. The van der Waals surface area contributed by atoms with E-state index in [9.17, 15) is 13.6 Å². The van der Waals surface area contributed by atoms with Crippen molar-refractivity contribution < 1.29 is 13.6 Å². The summed E-state index contributed by atoms with van der Waals surface area (Å²) in [4.78, 5) is 23.9. The van der Waals surface area contributed by atoms with Gasteiger partial charge in [0.1, 0.15) is 17.3 Å². The maximum absolute atomic E-state index is 14.0. The van der Waals surface area contributed by atoms with Crippen LogP contribution in [-0.2, 0) is 11.2 Å². The molecule has 6 nitrogen and oxygen atoms in total. The average Bonchev–Trinajstić information content (AvgIpc) is 3.05. The Balaban J connectivity index is 1.90. The summed E-state index contributed by atoms with van der Waals surface area (Å²) in [5.41, 5.74) is 8.73. The average molecular weight is 379 g/mol. The number of hydrogen-bond donors (Lipinski definition) is 1. The second-order valence-electron chi connectivity index (χ2n) is 6.35. The minimum Gasteiger partial charge on any atom is -0.369 e. The molecule has 0 saturated carbocycles. The van der Waals surface area contributed by atoms with Crippen molar-refractivity contribution in [3.05, 3.63) is 71.9 Å². The Labute approximate surface area is 158 Å². The number of amides is 1. The highest BCUT2D eigenvalue weighted by molar-refractivity contribution is 5.80. The number of fused-ring (bicyclic) bond motifs is 1. The van der Waals surface area contributed by atoms with E-state index >= 15 is 0 Å². The number of aryl methyl sites for hydroxylation is 1. The molecule has 4 rings (SSSR count). The normalized spacial score (nSPS) is 11.1. The molecule has 0 atom stereocenters. The summed E-state index contributed by atoms with van der Waals surface area (Å²) < 4.78 is 29.3. The lowest BCUT2D eigenvalue weighted by atomic mass is 10.0. The van der Waals surface area contributed by atoms with E-state index in [0.717, 1.165) is 6.20 Å². The summed E-state index contributed by atoms with van der Waals surface area (Å²) in [7, 11) is 0. The Morgan fingerprint density at radius 1 is 1.14 bits per heavy atom. The minimum atomic E-state index is -0.513. The van der Waals surface area contributed by atoms with Gasteiger partial charge in [-0.05, 0) is 37.3 Å². The van der Waals surface area contributed by atoms with E-state index in [0.29, 0.717) is 33.9 Å². The van der Waals surface area contributed by atoms with E-state index in [1.54, 1.807) is 35.9 Å². The van der Waals surface area contributed by atoms with Crippen LogP contribution < -0.4 is 5.73 Å². The molecule has 0 aliphatic rings. The maximum atomic E-state index is 14.0. The third-order valence-electron chi connectivity index (χ3n) is 4.37. The first kappa shape index (κ1) is 17.7. The fraction of sp³-hybridized carbons (Fsp3) is 0.100. The van der Waals surface area contributed by atoms with E-state index in [-0.39, 0.29) is 12.1 Å². The molecule has 0 fully saturated rings. The van der Waals surface area contributed by atoms with Gasteiger partial charge in [0.25, 0.3) is 0 Å². The molecule has 0 spiro atoms. The predicted molar refractivity (Wildman–Crippen MR) is 99.2 cm³/mol. The van der Waals surface area contributed by atoms with Crippen LogP contribution in [0.4, 0.5) is 8.78 Å². The summed E-state index contributed by atoms with van der Waals surface area (Å²) >= 11 is 0. The van der Waals surface area contributed by atoms with Crippen LogP contribution in [0.15, 0.2) is 48.9 Å². The van der Waals surface area contributed by atoms with Crippen LogP contribution in [0.1, 0.15) is 11.4 Å². The topological polar surface area (TPSA) is 86.2 Å². The molecule has 1 amide bonds. The molecule has 140 valence electrons. The van der Waals surface area contributed by atoms with Gasteiger partial charge in [0.2, 0.25) is 5.91 Å². The van der Waals surface area contributed by atoms with Gasteiger partial charge in [0.15, 0.2) is 0 Å². The van der Waals surface area contributed by atoms with Gasteiger partial charge in [-0.2, -0.15) is 0 Å². The number of carbonyl (C=O) groups excluding carboxylic acids is 1. The zero-order chi connectivity index (χ0) is 19.8. The fourth-order valence-electron chi connectivity index (χ4n) is 3.04. The Morgan fingerprint density at radius 2 is 1.96 bits per heavy atom. The van der Waals surface area contributed by atoms with Gasteiger partial charge in [0.05, 0.1) is 35.4 Å². The number of hydrogen-bond acceptors (Lipinski definition) is 4. The van der Waals surface area contributed by atoms with Gasteiger partial charge in [-0.3, -0.25) is 9.78 Å². The van der Waals surface area contributed by atoms with Crippen molar-refractivity contribution in [3.8, 4) is 22.5 Å². The van der Waals surface area contributed by atoms with Crippen molar-refractivity contribution in [2.75, 3.05) is 0 Å². The van der Waals surface area contributed by atoms with E-state index < -0.39 is 17.5 Å². The number of primary amides is 1. The van der Waals surface area contributed by atoms with Crippen molar-refractivity contribution in [3.63, 3.8) is 0 Å². The maximum Gasteiger partial charge on any atom is 0.223 e. The van der Waals surface area contributed by atoms with Crippen LogP contribution in [0, 0.1) is 18.6 Å². The Morgan fingerprint density at radius 3 is 2.71 bits per heavy atom. The number of nitrogens with zero attached hydrogens (tertiary/aromatic N) is 4. The van der Waals surface area contributed by atoms with Crippen LogP contribution >= 0.6 is 0 Å². The standard InChI is InChI=1S/C20H15F2N5O/c1-11-16(22)3-4-17(26-11)20-15(6-13(21)8-25-20)12-2-5-19-24-9-14(7-18(23)28)27(19)10-12/h2-6,8-10H,7H2,1H3,(H2,23,28). The zero-order valence-electron chi connectivity index (χ0n) is 14.9. The largest absolute Gasteiger partial charge is 0.369 e. The van der Waals surface area contributed by atoms with Crippen LogP contribution in [0.3, 0.4) is 0 Å². The minimum absolute atomic E-state index is 0.0254. The number of aromatic nitrogens is 4. The Bertz CT molecular complexity index is 1220. The monoisotopic (exact) mass is 379 g/mol. The SMILES string of the molecule is Cc1nc(-c2ncc(F)cc2-c2ccc3ncc(CC(N)=O)n3c2)ccc1F. The number of rotatable bonds is 4. The molecular formula is C20H15F2N5O. The zero-order valence-corrected chi connectivity index (χ0v) is 14.9. The molecule has 0 saturated heterocycles. The van der Waals surface area contributed by atoms with Crippen molar-refractivity contribution >= 4 is 11.6 Å². The van der Waals surface area contributed by atoms with Crippen LogP contribution in [0.5, 0.6) is 0 Å². The molecule has 0 radical (unpaired) electrons. The second kappa shape index (κ2) is 6.80. The number of imidazole rings is 1. The van der Waals surface area contributed by atoms with Crippen molar-refractivity contribution in [1.29, 1.82) is 0 Å². The van der Waals surface area contributed by atoms with E-state index in [2.05, 4.69) is 15.0 Å². The van der Waals surface area contributed by atoms with Crippen molar-refractivity contribution in [2.45, 2.75) is 13.3 Å².